The predicted molar refractivity (Wildman–Crippen MR) is 47.7 cm³/mol. The van der Waals surface area contributed by atoms with E-state index in [9.17, 15) is 4.79 Å². The summed E-state index contributed by atoms with van der Waals surface area (Å²) in [6, 6.07) is 0. The van der Waals surface area contributed by atoms with E-state index in [0.29, 0.717) is 17.2 Å². The Labute approximate surface area is 73.9 Å². The zero-order valence-electron chi connectivity index (χ0n) is 7.97. The van der Waals surface area contributed by atoms with Crippen LogP contribution >= 0.6 is 0 Å². The second-order valence-electron chi connectivity index (χ2n) is 4.78. The molecule has 12 heavy (non-hydrogen) atoms. The third-order valence-corrected chi connectivity index (χ3v) is 3.23. The summed E-state index contributed by atoms with van der Waals surface area (Å²) in [6.07, 6.45) is 3.51. The molecule has 0 N–H and O–H groups in total. The molecule has 1 saturated heterocycles. The van der Waals surface area contributed by atoms with Gasteiger partial charge in [0.1, 0.15) is 0 Å². The molecule has 0 aromatic carbocycles. The highest BCUT2D eigenvalue weighted by atomic mass is 16.2. The van der Waals surface area contributed by atoms with Crippen molar-refractivity contribution in [1.82, 2.24) is 4.90 Å². The minimum atomic E-state index is 0.305. The number of hydrogen-bond acceptors (Lipinski definition) is 1. The number of amides is 1. The summed E-state index contributed by atoms with van der Waals surface area (Å²) in [6.45, 7) is 6.38. The van der Waals surface area contributed by atoms with E-state index in [2.05, 4.69) is 13.8 Å². The number of nitrogens with zero attached hydrogens (tertiary/aromatic N) is 1. The van der Waals surface area contributed by atoms with Gasteiger partial charge in [-0.2, -0.15) is 0 Å². The van der Waals surface area contributed by atoms with Crippen LogP contribution in [0, 0.1) is 11.3 Å². The molecule has 68 valence electrons. The van der Waals surface area contributed by atoms with E-state index in [4.69, 9.17) is 0 Å². The van der Waals surface area contributed by atoms with Gasteiger partial charge in [-0.25, -0.2) is 0 Å². The van der Waals surface area contributed by atoms with Crippen molar-refractivity contribution < 1.29 is 4.79 Å². The van der Waals surface area contributed by atoms with Crippen LogP contribution in [0.4, 0.5) is 0 Å². The normalized spacial score (nSPS) is 32.2. The largest absolute Gasteiger partial charge is 0.342 e. The molecule has 1 saturated carbocycles. The fourth-order valence-corrected chi connectivity index (χ4v) is 2.05. The van der Waals surface area contributed by atoms with Gasteiger partial charge in [0.05, 0.1) is 0 Å². The average Bonchev–Trinajstić information content (AvgIpc) is 2.56. The lowest BCUT2D eigenvalue weighted by Crippen LogP contribution is -2.30. The molecule has 1 amide bonds. The highest BCUT2D eigenvalue weighted by Crippen LogP contribution is 2.52. The minimum Gasteiger partial charge on any atom is -0.342 e. The summed E-state index contributed by atoms with van der Waals surface area (Å²) < 4.78 is 0. The molecule has 1 heterocycles. The van der Waals surface area contributed by atoms with Crippen LogP contribution in [0.25, 0.3) is 0 Å². The average molecular weight is 167 g/mol. The first-order valence-corrected chi connectivity index (χ1v) is 4.90. The van der Waals surface area contributed by atoms with Crippen molar-refractivity contribution in [1.29, 1.82) is 0 Å². The zero-order valence-corrected chi connectivity index (χ0v) is 7.97. The molecule has 0 spiro atoms. The van der Waals surface area contributed by atoms with E-state index >= 15 is 0 Å². The molecule has 1 aliphatic carbocycles. The molecule has 0 bridgehead atoms. The van der Waals surface area contributed by atoms with Crippen LogP contribution in [0.2, 0.25) is 0 Å². The Balaban J connectivity index is 1.93. The van der Waals surface area contributed by atoms with E-state index in [1.165, 1.54) is 12.8 Å². The SMILES string of the molecule is CC1(C)CC1C(=O)N1CCCC1. The summed E-state index contributed by atoms with van der Waals surface area (Å²) in [7, 11) is 0. The number of rotatable bonds is 1. The van der Waals surface area contributed by atoms with Crippen molar-refractivity contribution in [3.63, 3.8) is 0 Å². The molecule has 1 unspecified atom stereocenters. The van der Waals surface area contributed by atoms with Gasteiger partial charge in [-0.05, 0) is 24.7 Å². The lowest BCUT2D eigenvalue weighted by molar-refractivity contribution is -0.132. The topological polar surface area (TPSA) is 20.3 Å². The fraction of sp³-hybridized carbons (Fsp3) is 0.900. The third kappa shape index (κ3) is 1.23. The van der Waals surface area contributed by atoms with E-state index < -0.39 is 0 Å². The Bertz CT molecular complexity index is 197. The highest BCUT2D eigenvalue weighted by molar-refractivity contribution is 5.82. The smallest absolute Gasteiger partial charge is 0.226 e. The van der Waals surface area contributed by atoms with Crippen LogP contribution < -0.4 is 0 Å². The van der Waals surface area contributed by atoms with Crippen molar-refractivity contribution in [3.05, 3.63) is 0 Å². The molecule has 0 aromatic heterocycles. The minimum absolute atomic E-state index is 0.305. The van der Waals surface area contributed by atoms with E-state index in [0.717, 1.165) is 19.5 Å². The second kappa shape index (κ2) is 2.48. The first-order valence-electron chi connectivity index (χ1n) is 4.90. The lowest BCUT2D eigenvalue weighted by atomic mass is 10.1. The van der Waals surface area contributed by atoms with Gasteiger partial charge in [0.2, 0.25) is 5.91 Å². The van der Waals surface area contributed by atoms with Crippen LogP contribution in [0.5, 0.6) is 0 Å². The van der Waals surface area contributed by atoms with Crippen molar-refractivity contribution in [2.45, 2.75) is 33.1 Å². The monoisotopic (exact) mass is 167 g/mol. The Morgan fingerprint density at radius 1 is 1.33 bits per heavy atom. The lowest BCUT2D eigenvalue weighted by Gasteiger charge is -2.15. The van der Waals surface area contributed by atoms with Crippen molar-refractivity contribution in [2.75, 3.05) is 13.1 Å². The van der Waals surface area contributed by atoms with Gasteiger partial charge >= 0.3 is 0 Å². The van der Waals surface area contributed by atoms with Crippen LogP contribution in [0.15, 0.2) is 0 Å². The maximum atomic E-state index is 11.7. The van der Waals surface area contributed by atoms with Gasteiger partial charge in [0.15, 0.2) is 0 Å². The van der Waals surface area contributed by atoms with E-state index in [-0.39, 0.29) is 0 Å². The quantitative estimate of drug-likeness (QED) is 0.581. The molecule has 1 atom stereocenters. The molecule has 0 radical (unpaired) electrons. The summed E-state index contributed by atoms with van der Waals surface area (Å²) in [5.74, 6) is 0.758. The standard InChI is InChI=1S/C10H17NO/c1-10(2)7-8(10)9(12)11-5-3-4-6-11/h8H,3-7H2,1-2H3. The molecular weight excluding hydrogens is 150 g/mol. The van der Waals surface area contributed by atoms with Gasteiger partial charge in [-0.3, -0.25) is 4.79 Å². The summed E-state index contributed by atoms with van der Waals surface area (Å²) in [4.78, 5) is 13.8. The third-order valence-electron chi connectivity index (χ3n) is 3.23. The van der Waals surface area contributed by atoms with Crippen LogP contribution in [-0.4, -0.2) is 23.9 Å². The molecule has 2 fully saturated rings. The Morgan fingerprint density at radius 3 is 2.25 bits per heavy atom. The first kappa shape index (κ1) is 8.09. The van der Waals surface area contributed by atoms with Gasteiger partial charge < -0.3 is 4.90 Å². The van der Waals surface area contributed by atoms with Gasteiger partial charge in [0.25, 0.3) is 0 Å². The molecule has 0 aromatic rings. The molecule has 2 rings (SSSR count). The van der Waals surface area contributed by atoms with Crippen molar-refractivity contribution in [3.8, 4) is 0 Å². The molecular formula is C10H17NO. The number of carbonyl (C=O) groups is 1. The van der Waals surface area contributed by atoms with Gasteiger partial charge in [-0.1, -0.05) is 13.8 Å². The summed E-state index contributed by atoms with van der Waals surface area (Å²) in [5.41, 5.74) is 0.305. The predicted octanol–water partition coefficient (Wildman–Crippen LogP) is 1.65. The van der Waals surface area contributed by atoms with Crippen molar-refractivity contribution in [2.24, 2.45) is 11.3 Å². The number of carbonyl (C=O) groups excluding carboxylic acids is 1. The van der Waals surface area contributed by atoms with Crippen LogP contribution in [0.1, 0.15) is 33.1 Å². The Hall–Kier alpha value is -0.530. The zero-order chi connectivity index (χ0) is 8.77. The molecule has 2 nitrogen and oxygen atoms in total. The fourth-order valence-electron chi connectivity index (χ4n) is 2.05. The van der Waals surface area contributed by atoms with Crippen LogP contribution in [-0.2, 0) is 4.79 Å². The summed E-state index contributed by atoms with van der Waals surface area (Å²) in [5, 5.41) is 0. The van der Waals surface area contributed by atoms with E-state index in [1.807, 2.05) is 4.90 Å². The maximum absolute atomic E-state index is 11.7. The highest BCUT2D eigenvalue weighted by Gasteiger charge is 2.51. The second-order valence-corrected chi connectivity index (χ2v) is 4.78. The van der Waals surface area contributed by atoms with Crippen molar-refractivity contribution >= 4 is 5.91 Å². The molecule has 2 aliphatic rings. The van der Waals surface area contributed by atoms with Crippen LogP contribution in [0.3, 0.4) is 0 Å². The van der Waals surface area contributed by atoms with E-state index in [1.54, 1.807) is 0 Å². The Morgan fingerprint density at radius 2 is 1.83 bits per heavy atom. The Kier molecular flexibility index (Phi) is 1.67. The number of likely N-dealkylation sites (tertiary alicyclic amines) is 1. The molecule has 1 aliphatic heterocycles. The van der Waals surface area contributed by atoms with Gasteiger partial charge in [-0.15, -0.1) is 0 Å². The number of hydrogen-bond donors (Lipinski definition) is 0. The van der Waals surface area contributed by atoms with Gasteiger partial charge in [0, 0.05) is 19.0 Å². The maximum Gasteiger partial charge on any atom is 0.226 e. The first-order chi connectivity index (χ1) is 5.61. The summed E-state index contributed by atoms with van der Waals surface area (Å²) >= 11 is 0. The molecule has 2 heteroatoms.